The van der Waals surface area contributed by atoms with Crippen molar-refractivity contribution in [3.8, 4) is 5.75 Å². The number of carbonyl (C=O) groups is 3. The number of aromatic carboxylic acids is 1. The van der Waals surface area contributed by atoms with E-state index in [1.807, 2.05) is 59.5 Å². The Balaban J connectivity index is 1.45. The highest BCUT2D eigenvalue weighted by molar-refractivity contribution is 8.01. The van der Waals surface area contributed by atoms with E-state index in [1.165, 1.54) is 12.1 Å². The summed E-state index contributed by atoms with van der Waals surface area (Å²) in [5, 5.41) is 8.78. The van der Waals surface area contributed by atoms with Crippen LogP contribution in [0.3, 0.4) is 0 Å². The number of ether oxygens (including phenoxy) is 1. The number of rotatable bonds is 12. The van der Waals surface area contributed by atoms with E-state index in [4.69, 9.17) is 9.84 Å². The second-order valence-electron chi connectivity index (χ2n) is 9.00. The monoisotopic (exact) mass is 517 g/mol. The lowest BCUT2D eigenvalue weighted by Gasteiger charge is -2.24. The Morgan fingerprint density at radius 1 is 0.919 bits per heavy atom. The Labute approximate surface area is 221 Å². The smallest absolute Gasteiger partial charge is 0.335 e. The number of thioether (sulfide) groups is 1. The summed E-state index contributed by atoms with van der Waals surface area (Å²) >= 11 is 1.66. The number of hydrogen-bond donors (Lipinski definition) is 1. The molecule has 1 heterocycles. The molecule has 2 unspecified atom stereocenters. The third kappa shape index (κ3) is 6.60. The van der Waals surface area contributed by atoms with Crippen LogP contribution in [0.15, 0.2) is 78.9 Å². The molecule has 1 amide bonds. The molecule has 0 bridgehead atoms. The number of amides is 1. The normalized spacial score (nSPS) is 17.1. The van der Waals surface area contributed by atoms with Gasteiger partial charge in [-0.25, -0.2) is 4.79 Å². The lowest BCUT2D eigenvalue weighted by atomic mass is 10.0. The van der Waals surface area contributed by atoms with E-state index in [1.54, 1.807) is 23.9 Å². The number of carboxylic acid groups (broad SMARTS) is 1. The highest BCUT2D eigenvalue weighted by Crippen LogP contribution is 2.45. The van der Waals surface area contributed by atoms with Crippen LogP contribution in [0.25, 0.3) is 0 Å². The fraction of sp³-hybridized carbons (Fsp3) is 0.300. The maximum Gasteiger partial charge on any atom is 0.335 e. The Hall–Kier alpha value is -3.58. The number of carboxylic acids is 1. The first-order valence-corrected chi connectivity index (χ1v) is 13.5. The second-order valence-corrected chi connectivity index (χ2v) is 10.3. The lowest BCUT2D eigenvalue weighted by Crippen LogP contribution is -2.32. The Bertz CT molecular complexity index is 1230. The highest BCUT2D eigenvalue weighted by Gasteiger charge is 2.40. The molecular formula is C30H31NO5S. The molecule has 6 nitrogen and oxygen atoms in total. The molecule has 1 N–H and O–H groups in total. The summed E-state index contributed by atoms with van der Waals surface area (Å²) in [6.07, 6.45) is 3.49. The first-order valence-electron chi connectivity index (χ1n) is 12.6. The number of benzene rings is 3. The van der Waals surface area contributed by atoms with Crippen molar-refractivity contribution in [2.75, 3.05) is 13.2 Å². The molecule has 37 heavy (non-hydrogen) atoms. The number of ketones is 1. The van der Waals surface area contributed by atoms with Crippen LogP contribution in [0.4, 0.5) is 0 Å². The van der Waals surface area contributed by atoms with Gasteiger partial charge in [-0.2, -0.15) is 0 Å². The van der Waals surface area contributed by atoms with E-state index in [-0.39, 0.29) is 27.9 Å². The van der Waals surface area contributed by atoms with Crippen LogP contribution in [-0.4, -0.2) is 46.1 Å². The third-order valence-electron chi connectivity index (χ3n) is 6.34. The van der Waals surface area contributed by atoms with Gasteiger partial charge in [-0.1, -0.05) is 68.3 Å². The van der Waals surface area contributed by atoms with Gasteiger partial charge in [0, 0.05) is 17.7 Å². The van der Waals surface area contributed by atoms with Crippen LogP contribution >= 0.6 is 11.8 Å². The Morgan fingerprint density at radius 3 is 2.35 bits per heavy atom. The Kier molecular flexibility index (Phi) is 9.01. The van der Waals surface area contributed by atoms with E-state index in [0.29, 0.717) is 36.4 Å². The van der Waals surface area contributed by atoms with Gasteiger partial charge in [-0.15, -0.1) is 11.8 Å². The zero-order valence-electron chi connectivity index (χ0n) is 20.8. The number of unbranched alkanes of at least 4 members (excludes halogenated alkanes) is 1. The molecule has 1 saturated heterocycles. The van der Waals surface area contributed by atoms with E-state index in [9.17, 15) is 14.4 Å². The number of nitrogens with zero attached hydrogens (tertiary/aromatic N) is 1. The minimum absolute atomic E-state index is 0.0341. The number of hydrogen-bond acceptors (Lipinski definition) is 5. The van der Waals surface area contributed by atoms with Crippen LogP contribution in [0, 0.1) is 0 Å². The summed E-state index contributed by atoms with van der Waals surface area (Å²) in [6, 6.07) is 23.1. The molecule has 1 aliphatic heterocycles. The second kappa shape index (κ2) is 12.6. The SMILES string of the molecule is CCCCC1SC(c2cccc(C(=O)c3ccccc3)c2)N(CCCOc2ccc(C(=O)O)cc2)C1=O. The van der Waals surface area contributed by atoms with Crippen molar-refractivity contribution in [2.45, 2.75) is 43.2 Å². The predicted octanol–water partition coefficient (Wildman–Crippen LogP) is 6.22. The molecule has 2 atom stereocenters. The van der Waals surface area contributed by atoms with Crippen LogP contribution in [0.5, 0.6) is 5.75 Å². The van der Waals surface area contributed by atoms with Crippen molar-refractivity contribution < 1.29 is 24.2 Å². The van der Waals surface area contributed by atoms with Gasteiger partial charge >= 0.3 is 5.97 Å². The van der Waals surface area contributed by atoms with Crippen molar-refractivity contribution in [1.29, 1.82) is 0 Å². The quantitative estimate of drug-likeness (QED) is 0.227. The molecule has 1 aliphatic rings. The largest absolute Gasteiger partial charge is 0.494 e. The molecule has 0 aromatic heterocycles. The topological polar surface area (TPSA) is 83.9 Å². The molecular weight excluding hydrogens is 486 g/mol. The van der Waals surface area contributed by atoms with Crippen molar-refractivity contribution in [2.24, 2.45) is 0 Å². The van der Waals surface area contributed by atoms with Crippen molar-refractivity contribution in [3.63, 3.8) is 0 Å². The minimum Gasteiger partial charge on any atom is -0.494 e. The molecule has 7 heteroatoms. The zero-order valence-corrected chi connectivity index (χ0v) is 21.7. The van der Waals surface area contributed by atoms with E-state index >= 15 is 0 Å². The van der Waals surface area contributed by atoms with Gasteiger partial charge in [0.1, 0.15) is 11.1 Å². The fourth-order valence-corrected chi connectivity index (χ4v) is 5.89. The molecule has 0 radical (unpaired) electrons. The van der Waals surface area contributed by atoms with Gasteiger partial charge in [0.2, 0.25) is 5.91 Å². The van der Waals surface area contributed by atoms with Crippen molar-refractivity contribution in [1.82, 2.24) is 4.90 Å². The molecule has 0 aliphatic carbocycles. The standard InChI is InChI=1S/C30H31NO5S/c1-2-3-13-26-28(33)31(18-8-19-36-25-16-14-22(15-17-25)30(34)35)29(37-26)24-12-7-11-23(20-24)27(32)21-9-5-4-6-10-21/h4-7,9-12,14-17,20,26,29H,2-3,8,13,18-19H2,1H3,(H,34,35). The van der Waals surface area contributed by atoms with Crippen LogP contribution in [0.2, 0.25) is 0 Å². The van der Waals surface area contributed by atoms with Crippen LogP contribution in [0.1, 0.15) is 69.8 Å². The van der Waals surface area contributed by atoms with Crippen molar-refractivity contribution in [3.05, 3.63) is 101 Å². The average molecular weight is 518 g/mol. The summed E-state index contributed by atoms with van der Waals surface area (Å²) in [5.74, 6) is -0.284. The van der Waals surface area contributed by atoms with Gasteiger partial charge in [-0.05, 0) is 48.7 Å². The summed E-state index contributed by atoms with van der Waals surface area (Å²) in [4.78, 5) is 39.3. The summed E-state index contributed by atoms with van der Waals surface area (Å²) in [5.41, 5.74) is 2.41. The molecule has 1 fully saturated rings. The first kappa shape index (κ1) is 26.5. The summed E-state index contributed by atoms with van der Waals surface area (Å²) in [7, 11) is 0. The summed E-state index contributed by atoms with van der Waals surface area (Å²) in [6.45, 7) is 3.06. The zero-order chi connectivity index (χ0) is 26.2. The van der Waals surface area contributed by atoms with Gasteiger partial charge < -0.3 is 14.7 Å². The summed E-state index contributed by atoms with van der Waals surface area (Å²) < 4.78 is 5.79. The molecule has 3 aromatic carbocycles. The molecule has 4 rings (SSSR count). The third-order valence-corrected chi connectivity index (χ3v) is 7.89. The van der Waals surface area contributed by atoms with E-state index in [0.717, 1.165) is 24.8 Å². The average Bonchev–Trinajstić information content (AvgIpc) is 3.25. The fourth-order valence-electron chi connectivity index (χ4n) is 4.36. The lowest BCUT2D eigenvalue weighted by molar-refractivity contribution is -0.130. The molecule has 0 spiro atoms. The maximum atomic E-state index is 13.3. The predicted molar refractivity (Wildman–Crippen MR) is 145 cm³/mol. The van der Waals surface area contributed by atoms with Gasteiger partial charge in [0.05, 0.1) is 17.4 Å². The molecule has 192 valence electrons. The van der Waals surface area contributed by atoms with E-state index in [2.05, 4.69) is 6.92 Å². The molecule has 3 aromatic rings. The van der Waals surface area contributed by atoms with Crippen LogP contribution < -0.4 is 4.74 Å². The minimum atomic E-state index is -0.977. The highest BCUT2D eigenvalue weighted by atomic mass is 32.2. The van der Waals surface area contributed by atoms with Crippen molar-refractivity contribution >= 4 is 29.4 Å². The van der Waals surface area contributed by atoms with Gasteiger partial charge in [0.25, 0.3) is 0 Å². The molecule has 0 saturated carbocycles. The van der Waals surface area contributed by atoms with Gasteiger partial charge in [-0.3, -0.25) is 9.59 Å². The van der Waals surface area contributed by atoms with Crippen LogP contribution in [-0.2, 0) is 4.79 Å². The Morgan fingerprint density at radius 2 is 1.65 bits per heavy atom. The maximum absolute atomic E-state index is 13.3. The first-order chi connectivity index (χ1) is 18.0. The van der Waals surface area contributed by atoms with E-state index < -0.39 is 5.97 Å². The van der Waals surface area contributed by atoms with Gasteiger partial charge in [0.15, 0.2) is 5.78 Å². The number of carbonyl (C=O) groups excluding carboxylic acids is 2.